The van der Waals surface area contributed by atoms with Gasteiger partial charge in [0.05, 0.1) is 11.0 Å². The van der Waals surface area contributed by atoms with Crippen LogP contribution in [0.3, 0.4) is 0 Å². The minimum atomic E-state index is -0.192. The molecule has 1 amide bonds. The van der Waals surface area contributed by atoms with Gasteiger partial charge in [-0.1, -0.05) is 13.0 Å². The summed E-state index contributed by atoms with van der Waals surface area (Å²) in [6, 6.07) is 7.74. The van der Waals surface area contributed by atoms with Crippen LogP contribution in [0.5, 0.6) is 0 Å². The van der Waals surface area contributed by atoms with Crippen molar-refractivity contribution in [3.05, 3.63) is 69.4 Å². The number of pyridine rings is 3. The third-order valence-electron chi connectivity index (χ3n) is 5.58. The van der Waals surface area contributed by atoms with Crippen molar-refractivity contribution in [1.29, 1.82) is 0 Å². The van der Waals surface area contributed by atoms with E-state index < -0.39 is 0 Å². The zero-order valence-corrected chi connectivity index (χ0v) is 17.2. The molecule has 156 valence electrons. The van der Waals surface area contributed by atoms with Crippen molar-refractivity contribution in [2.24, 2.45) is 0 Å². The number of carbonyl (C=O) groups is 1. The summed E-state index contributed by atoms with van der Waals surface area (Å²) in [6.45, 7) is 5.26. The van der Waals surface area contributed by atoms with Crippen molar-refractivity contribution in [1.82, 2.24) is 30.5 Å². The van der Waals surface area contributed by atoms with Crippen LogP contribution < -0.4 is 16.2 Å². The maximum Gasteiger partial charge on any atom is 0.269 e. The molecule has 3 aromatic rings. The standard InChI is InChI=1S/C22H26N6O2/c1-3-15-9-18-19(27-21(15)29)8-14(10-25-18)13-28-7-6-24-12-20(28)16-4-5-17(26-11-16)22(30)23-2/h4-5,8-11,20,24H,3,6-7,12-13H2,1-2H3,(H,23,30)(H,27,29). The highest BCUT2D eigenvalue weighted by Gasteiger charge is 2.24. The Hall–Kier alpha value is -3.10. The summed E-state index contributed by atoms with van der Waals surface area (Å²) < 4.78 is 0. The molecule has 0 aliphatic carbocycles. The Bertz CT molecular complexity index is 1110. The van der Waals surface area contributed by atoms with Crippen molar-refractivity contribution in [3.63, 3.8) is 0 Å². The van der Waals surface area contributed by atoms with Gasteiger partial charge in [-0.2, -0.15) is 0 Å². The number of fused-ring (bicyclic) bond motifs is 1. The van der Waals surface area contributed by atoms with E-state index in [9.17, 15) is 9.59 Å². The van der Waals surface area contributed by atoms with Gasteiger partial charge in [0.2, 0.25) is 0 Å². The smallest absolute Gasteiger partial charge is 0.269 e. The van der Waals surface area contributed by atoms with Gasteiger partial charge in [0.15, 0.2) is 0 Å². The van der Waals surface area contributed by atoms with Gasteiger partial charge in [0.1, 0.15) is 5.69 Å². The Kier molecular flexibility index (Phi) is 5.87. The highest BCUT2D eigenvalue weighted by Crippen LogP contribution is 2.24. The summed E-state index contributed by atoms with van der Waals surface area (Å²) in [5.41, 5.74) is 4.78. The fraction of sp³-hybridized carbons (Fsp3) is 0.364. The van der Waals surface area contributed by atoms with E-state index in [0.29, 0.717) is 18.7 Å². The molecule has 4 rings (SSSR count). The Morgan fingerprint density at radius 3 is 2.87 bits per heavy atom. The van der Waals surface area contributed by atoms with Crippen molar-refractivity contribution in [2.45, 2.75) is 25.9 Å². The van der Waals surface area contributed by atoms with Crippen LogP contribution in [0.25, 0.3) is 11.0 Å². The number of rotatable bonds is 5. The third kappa shape index (κ3) is 4.10. The van der Waals surface area contributed by atoms with Gasteiger partial charge in [-0.25, -0.2) is 0 Å². The number of piperazine rings is 1. The van der Waals surface area contributed by atoms with Crippen molar-refractivity contribution in [2.75, 3.05) is 26.7 Å². The molecule has 1 unspecified atom stereocenters. The summed E-state index contributed by atoms with van der Waals surface area (Å²) >= 11 is 0. The zero-order chi connectivity index (χ0) is 21.1. The average Bonchev–Trinajstić information content (AvgIpc) is 2.78. The lowest BCUT2D eigenvalue weighted by molar-refractivity contribution is 0.0958. The number of aryl methyl sites for hydroxylation is 1. The van der Waals surface area contributed by atoms with E-state index in [1.807, 2.05) is 31.3 Å². The first-order valence-corrected chi connectivity index (χ1v) is 10.2. The zero-order valence-electron chi connectivity index (χ0n) is 17.2. The molecular weight excluding hydrogens is 380 g/mol. The van der Waals surface area contributed by atoms with Gasteiger partial charge in [-0.15, -0.1) is 0 Å². The number of aromatic nitrogens is 3. The van der Waals surface area contributed by atoms with Crippen LogP contribution in [0.15, 0.2) is 41.5 Å². The first-order valence-electron chi connectivity index (χ1n) is 10.2. The van der Waals surface area contributed by atoms with Crippen LogP contribution in [-0.4, -0.2) is 52.4 Å². The van der Waals surface area contributed by atoms with Crippen molar-refractivity contribution in [3.8, 4) is 0 Å². The molecule has 0 saturated carbocycles. The molecule has 0 spiro atoms. The number of hydrogen-bond acceptors (Lipinski definition) is 6. The quantitative estimate of drug-likeness (QED) is 0.592. The third-order valence-corrected chi connectivity index (χ3v) is 5.58. The molecule has 0 aromatic carbocycles. The highest BCUT2D eigenvalue weighted by atomic mass is 16.1. The van der Waals surface area contributed by atoms with Crippen LogP contribution in [0.4, 0.5) is 0 Å². The maximum absolute atomic E-state index is 12.2. The highest BCUT2D eigenvalue weighted by molar-refractivity contribution is 5.91. The van der Waals surface area contributed by atoms with Gasteiger partial charge in [0.25, 0.3) is 11.5 Å². The Morgan fingerprint density at radius 1 is 1.27 bits per heavy atom. The van der Waals surface area contributed by atoms with E-state index in [1.165, 1.54) is 0 Å². The number of carbonyl (C=O) groups excluding carboxylic acids is 1. The lowest BCUT2D eigenvalue weighted by Gasteiger charge is -2.36. The van der Waals surface area contributed by atoms with E-state index in [1.54, 1.807) is 19.3 Å². The van der Waals surface area contributed by atoms with Crippen LogP contribution in [0.2, 0.25) is 0 Å². The van der Waals surface area contributed by atoms with E-state index in [2.05, 4.69) is 30.5 Å². The second-order valence-corrected chi connectivity index (χ2v) is 7.50. The predicted molar refractivity (Wildman–Crippen MR) is 115 cm³/mol. The molecule has 1 aliphatic rings. The topological polar surface area (TPSA) is 103 Å². The van der Waals surface area contributed by atoms with E-state index in [0.717, 1.165) is 47.4 Å². The second kappa shape index (κ2) is 8.73. The minimum Gasteiger partial charge on any atom is -0.354 e. The van der Waals surface area contributed by atoms with Crippen LogP contribution in [0.1, 0.15) is 40.1 Å². The fourth-order valence-electron chi connectivity index (χ4n) is 3.88. The summed E-state index contributed by atoms with van der Waals surface area (Å²) in [4.78, 5) is 38.1. The number of aromatic amines is 1. The SMILES string of the molecule is CCc1cc2ncc(CN3CCNCC3c3ccc(C(=O)NC)nc3)cc2[nH]c1=O. The Morgan fingerprint density at radius 2 is 2.13 bits per heavy atom. The molecular formula is C22H26N6O2. The molecule has 1 aliphatic heterocycles. The molecule has 0 radical (unpaired) electrons. The first kappa shape index (κ1) is 20.2. The largest absolute Gasteiger partial charge is 0.354 e. The second-order valence-electron chi connectivity index (χ2n) is 7.50. The number of amides is 1. The first-order chi connectivity index (χ1) is 14.6. The van der Waals surface area contributed by atoms with E-state index in [4.69, 9.17) is 0 Å². The average molecular weight is 406 g/mol. The molecule has 3 N–H and O–H groups in total. The molecule has 8 heteroatoms. The normalized spacial score (nSPS) is 17.2. The molecule has 1 saturated heterocycles. The monoisotopic (exact) mass is 406 g/mol. The summed E-state index contributed by atoms with van der Waals surface area (Å²) in [6.07, 6.45) is 4.34. The molecule has 1 fully saturated rings. The number of nitrogens with one attached hydrogen (secondary N) is 3. The molecule has 4 heterocycles. The Balaban J connectivity index is 1.57. The van der Waals surface area contributed by atoms with Crippen LogP contribution >= 0.6 is 0 Å². The summed E-state index contributed by atoms with van der Waals surface area (Å²) in [5, 5.41) is 6.03. The minimum absolute atomic E-state index is 0.0497. The molecule has 8 nitrogen and oxygen atoms in total. The van der Waals surface area contributed by atoms with Gasteiger partial charge >= 0.3 is 0 Å². The predicted octanol–water partition coefficient (Wildman–Crippen LogP) is 1.39. The van der Waals surface area contributed by atoms with Crippen LogP contribution in [0, 0.1) is 0 Å². The van der Waals surface area contributed by atoms with E-state index >= 15 is 0 Å². The lowest BCUT2D eigenvalue weighted by atomic mass is 10.0. The van der Waals surface area contributed by atoms with E-state index in [-0.39, 0.29) is 17.5 Å². The van der Waals surface area contributed by atoms with Gasteiger partial charge < -0.3 is 15.6 Å². The van der Waals surface area contributed by atoms with Crippen LogP contribution in [-0.2, 0) is 13.0 Å². The number of hydrogen-bond donors (Lipinski definition) is 3. The molecule has 3 aromatic heterocycles. The molecule has 0 bridgehead atoms. The van der Waals surface area contributed by atoms with Gasteiger partial charge in [0, 0.05) is 57.2 Å². The molecule has 30 heavy (non-hydrogen) atoms. The summed E-state index contributed by atoms with van der Waals surface area (Å²) in [7, 11) is 1.60. The molecule has 1 atom stereocenters. The van der Waals surface area contributed by atoms with Crippen molar-refractivity contribution >= 4 is 16.9 Å². The van der Waals surface area contributed by atoms with Gasteiger partial charge in [-0.05, 0) is 35.7 Å². The van der Waals surface area contributed by atoms with Gasteiger partial charge in [-0.3, -0.25) is 24.5 Å². The fourth-order valence-corrected chi connectivity index (χ4v) is 3.88. The number of nitrogens with zero attached hydrogens (tertiary/aromatic N) is 3. The maximum atomic E-state index is 12.2. The summed E-state index contributed by atoms with van der Waals surface area (Å²) in [5.74, 6) is -0.192. The van der Waals surface area contributed by atoms with Crippen molar-refractivity contribution < 1.29 is 4.79 Å². The number of H-pyrrole nitrogens is 1. The lowest BCUT2D eigenvalue weighted by Crippen LogP contribution is -2.45. The Labute approximate surface area is 174 Å².